The normalized spacial score (nSPS) is 11.1. The van der Waals surface area contributed by atoms with Gasteiger partial charge in [-0.1, -0.05) is 22.0 Å². The van der Waals surface area contributed by atoms with Crippen molar-refractivity contribution in [2.24, 2.45) is 0 Å². The van der Waals surface area contributed by atoms with E-state index >= 15 is 0 Å². The Labute approximate surface area is 176 Å². The third-order valence-electron chi connectivity index (χ3n) is 3.70. The van der Waals surface area contributed by atoms with Crippen LogP contribution in [0.4, 0.5) is 11.4 Å². The summed E-state index contributed by atoms with van der Waals surface area (Å²) in [7, 11) is -3.79. The Morgan fingerprint density at radius 1 is 1.04 bits per heavy atom. The van der Waals surface area contributed by atoms with Gasteiger partial charge in [-0.3, -0.25) is 14.5 Å². The van der Waals surface area contributed by atoms with Gasteiger partial charge in [0.05, 0.1) is 22.3 Å². The molecule has 0 radical (unpaired) electrons. The summed E-state index contributed by atoms with van der Waals surface area (Å²) < 4.78 is 28.2. The molecule has 0 aliphatic heterocycles. The highest BCUT2D eigenvalue weighted by atomic mass is 79.9. The van der Waals surface area contributed by atoms with Crippen LogP contribution in [-0.4, -0.2) is 25.6 Å². The zero-order chi connectivity index (χ0) is 20.1. The molecule has 144 valence electrons. The first-order valence-corrected chi connectivity index (χ1v) is 11.6. The van der Waals surface area contributed by atoms with Crippen LogP contribution in [0.2, 0.25) is 0 Å². The highest BCUT2D eigenvalue weighted by Gasteiger charge is 2.15. The van der Waals surface area contributed by atoms with E-state index in [1.54, 1.807) is 30.0 Å². The number of hydrogen-bond acceptors (Lipinski definition) is 5. The minimum atomic E-state index is -3.79. The first kappa shape index (κ1) is 20.4. The summed E-state index contributed by atoms with van der Waals surface area (Å²) in [6, 6.07) is 15.1. The molecule has 6 nitrogen and oxygen atoms in total. The third-order valence-corrected chi connectivity index (χ3v) is 6.36. The van der Waals surface area contributed by atoms with Gasteiger partial charge in [-0.15, -0.1) is 11.8 Å². The van der Waals surface area contributed by atoms with Gasteiger partial charge in [-0.25, -0.2) is 8.42 Å². The van der Waals surface area contributed by atoms with Gasteiger partial charge in [0.15, 0.2) is 0 Å². The molecule has 0 fully saturated rings. The highest BCUT2D eigenvalue weighted by Crippen LogP contribution is 2.21. The summed E-state index contributed by atoms with van der Waals surface area (Å²) in [5.74, 6) is -0.379. The fraction of sp³-hybridized carbons (Fsp3) is 0.0526. The number of hydrogen-bond donors (Lipinski definition) is 2. The molecule has 0 spiro atoms. The van der Waals surface area contributed by atoms with E-state index in [1.807, 2.05) is 24.5 Å². The monoisotopic (exact) mass is 477 g/mol. The van der Waals surface area contributed by atoms with Gasteiger partial charge in [-0.05, 0) is 54.8 Å². The van der Waals surface area contributed by atoms with Crippen molar-refractivity contribution in [2.75, 3.05) is 16.3 Å². The van der Waals surface area contributed by atoms with Crippen molar-refractivity contribution in [3.63, 3.8) is 0 Å². The lowest BCUT2D eigenvalue weighted by atomic mass is 10.2. The molecule has 1 heterocycles. The quantitative estimate of drug-likeness (QED) is 0.505. The zero-order valence-corrected chi connectivity index (χ0v) is 17.9. The number of nitrogens with one attached hydrogen (secondary N) is 2. The van der Waals surface area contributed by atoms with E-state index in [4.69, 9.17) is 0 Å². The number of thioether (sulfide) groups is 1. The molecule has 2 aromatic carbocycles. The van der Waals surface area contributed by atoms with Gasteiger partial charge >= 0.3 is 0 Å². The van der Waals surface area contributed by atoms with E-state index in [0.29, 0.717) is 5.69 Å². The molecule has 3 aromatic rings. The SMILES string of the molecule is CSc1cccc(NC(=O)c2cncc(NS(=O)(=O)c3ccc(Br)cc3)c2)c1. The molecule has 0 unspecified atom stereocenters. The van der Waals surface area contributed by atoms with Crippen molar-refractivity contribution in [3.05, 3.63) is 77.0 Å². The van der Waals surface area contributed by atoms with Crippen LogP contribution in [0.5, 0.6) is 0 Å². The van der Waals surface area contributed by atoms with Crippen LogP contribution in [0, 0.1) is 0 Å². The van der Waals surface area contributed by atoms with Crippen molar-refractivity contribution in [3.8, 4) is 0 Å². The van der Waals surface area contributed by atoms with Crippen LogP contribution in [0.15, 0.2) is 81.3 Å². The van der Waals surface area contributed by atoms with Crippen LogP contribution in [0.3, 0.4) is 0 Å². The smallest absolute Gasteiger partial charge is 0.261 e. The topological polar surface area (TPSA) is 88.2 Å². The molecule has 0 saturated carbocycles. The largest absolute Gasteiger partial charge is 0.322 e. The average molecular weight is 478 g/mol. The van der Waals surface area contributed by atoms with Gasteiger partial charge in [0.2, 0.25) is 0 Å². The number of aromatic nitrogens is 1. The molecule has 0 aliphatic carbocycles. The molecule has 0 aliphatic rings. The highest BCUT2D eigenvalue weighted by molar-refractivity contribution is 9.10. The second kappa shape index (κ2) is 8.76. The molecule has 0 saturated heterocycles. The molecule has 28 heavy (non-hydrogen) atoms. The Kier molecular flexibility index (Phi) is 6.38. The molecule has 0 atom stereocenters. The van der Waals surface area contributed by atoms with Crippen molar-refractivity contribution >= 4 is 55.0 Å². The number of nitrogens with zero attached hydrogens (tertiary/aromatic N) is 1. The molecular formula is C19H16BrN3O3S2. The average Bonchev–Trinajstić information content (AvgIpc) is 2.68. The maximum atomic E-state index is 12.5. The standard InChI is InChI=1S/C19H16BrN3O3S2/c1-27-17-4-2-3-15(10-17)22-19(24)13-9-16(12-21-11-13)23-28(25,26)18-7-5-14(20)6-8-18/h2-12,23H,1H3,(H,22,24). The second-order valence-corrected chi connectivity index (χ2v) is 9.19. The molecule has 1 aromatic heterocycles. The minimum absolute atomic E-state index is 0.111. The van der Waals surface area contributed by atoms with E-state index in [-0.39, 0.29) is 22.1 Å². The zero-order valence-electron chi connectivity index (χ0n) is 14.7. The summed E-state index contributed by atoms with van der Waals surface area (Å²) >= 11 is 4.84. The van der Waals surface area contributed by atoms with Gasteiger partial charge in [-0.2, -0.15) is 0 Å². The van der Waals surface area contributed by atoms with Gasteiger partial charge < -0.3 is 5.32 Å². The number of pyridine rings is 1. The second-order valence-electron chi connectivity index (χ2n) is 5.71. The number of halogens is 1. The molecular weight excluding hydrogens is 462 g/mol. The third kappa shape index (κ3) is 5.12. The van der Waals surface area contributed by atoms with Gasteiger partial charge in [0, 0.05) is 21.3 Å². The minimum Gasteiger partial charge on any atom is -0.322 e. The number of carbonyl (C=O) groups excluding carboxylic acids is 1. The summed E-state index contributed by atoms with van der Waals surface area (Å²) in [5, 5.41) is 2.79. The maximum absolute atomic E-state index is 12.5. The summed E-state index contributed by atoms with van der Waals surface area (Å²) in [4.78, 5) is 17.6. The molecule has 0 bridgehead atoms. The Hall–Kier alpha value is -2.36. The van der Waals surface area contributed by atoms with Crippen LogP contribution in [0.25, 0.3) is 0 Å². The fourth-order valence-corrected chi connectivity index (χ4v) is 4.11. The first-order chi connectivity index (χ1) is 13.4. The maximum Gasteiger partial charge on any atom is 0.261 e. The predicted molar refractivity (Wildman–Crippen MR) is 115 cm³/mol. The van der Waals surface area contributed by atoms with Crippen LogP contribution >= 0.6 is 27.7 Å². The number of rotatable bonds is 6. The lowest BCUT2D eigenvalue weighted by Crippen LogP contribution is -2.15. The van der Waals surface area contributed by atoms with Gasteiger partial charge in [0.25, 0.3) is 15.9 Å². The Morgan fingerprint density at radius 2 is 1.79 bits per heavy atom. The summed E-state index contributed by atoms with van der Waals surface area (Å²) in [5.41, 5.74) is 1.09. The van der Waals surface area contributed by atoms with E-state index in [1.165, 1.54) is 30.6 Å². The molecule has 2 N–H and O–H groups in total. The van der Waals surface area contributed by atoms with Gasteiger partial charge in [0.1, 0.15) is 0 Å². The number of sulfonamides is 1. The molecule has 9 heteroatoms. The molecule has 3 rings (SSSR count). The van der Waals surface area contributed by atoms with Crippen molar-refractivity contribution in [1.29, 1.82) is 0 Å². The van der Waals surface area contributed by atoms with E-state index in [0.717, 1.165) is 9.37 Å². The van der Waals surface area contributed by atoms with Crippen molar-refractivity contribution < 1.29 is 13.2 Å². The van der Waals surface area contributed by atoms with Crippen molar-refractivity contribution in [1.82, 2.24) is 4.98 Å². The number of amides is 1. The number of benzene rings is 2. The van der Waals surface area contributed by atoms with E-state index < -0.39 is 10.0 Å². The lowest BCUT2D eigenvalue weighted by molar-refractivity contribution is 0.102. The van der Waals surface area contributed by atoms with E-state index in [2.05, 4.69) is 31.0 Å². The van der Waals surface area contributed by atoms with E-state index in [9.17, 15) is 13.2 Å². The van der Waals surface area contributed by atoms with Crippen LogP contribution < -0.4 is 10.0 Å². The number of carbonyl (C=O) groups is 1. The first-order valence-electron chi connectivity index (χ1n) is 8.06. The van der Waals surface area contributed by atoms with Crippen LogP contribution in [-0.2, 0) is 10.0 Å². The Balaban J connectivity index is 1.77. The fourth-order valence-electron chi connectivity index (χ4n) is 2.35. The van der Waals surface area contributed by atoms with Crippen LogP contribution in [0.1, 0.15) is 10.4 Å². The van der Waals surface area contributed by atoms with Crippen molar-refractivity contribution in [2.45, 2.75) is 9.79 Å². The molecule has 1 amide bonds. The number of anilines is 2. The Bertz CT molecular complexity index is 1100. The summed E-state index contributed by atoms with van der Waals surface area (Å²) in [6.07, 6.45) is 4.68. The summed E-state index contributed by atoms with van der Waals surface area (Å²) in [6.45, 7) is 0. The Morgan fingerprint density at radius 3 is 2.50 bits per heavy atom. The predicted octanol–water partition coefficient (Wildman–Crippen LogP) is 4.62. The lowest BCUT2D eigenvalue weighted by Gasteiger charge is -2.10.